The van der Waals surface area contributed by atoms with E-state index in [-0.39, 0.29) is 5.56 Å². The number of nitrogens with zero attached hydrogens (tertiary/aromatic N) is 2. The van der Waals surface area contributed by atoms with Crippen LogP contribution < -0.4 is 0 Å². The number of aromatic carboxylic acids is 1. The van der Waals surface area contributed by atoms with Gasteiger partial charge in [-0.3, -0.25) is 0 Å². The van der Waals surface area contributed by atoms with E-state index in [9.17, 15) is 9.90 Å². The Labute approximate surface area is 201 Å². The van der Waals surface area contributed by atoms with Gasteiger partial charge < -0.3 is 9.67 Å². The van der Waals surface area contributed by atoms with Crippen LogP contribution in [0.1, 0.15) is 10.4 Å². The first-order valence-corrected chi connectivity index (χ1v) is 11.5. The molecular weight excluding hydrogens is 432 g/mol. The van der Waals surface area contributed by atoms with Crippen molar-refractivity contribution in [2.24, 2.45) is 7.05 Å². The number of carbonyl (C=O) groups is 1. The summed E-state index contributed by atoms with van der Waals surface area (Å²) in [7, 11) is 1.96. The largest absolute Gasteiger partial charge is 0.478 e. The molecule has 0 amide bonds. The molecular formula is C31H20N2O2. The number of carboxylic acid groups (broad SMARTS) is 1. The molecule has 0 unspecified atom stereocenters. The van der Waals surface area contributed by atoms with Gasteiger partial charge in [0.15, 0.2) is 0 Å². The Bertz CT molecular complexity index is 1880. The lowest BCUT2D eigenvalue weighted by molar-refractivity contribution is 0.0697. The van der Waals surface area contributed by atoms with Gasteiger partial charge in [-0.1, -0.05) is 54.6 Å². The molecule has 166 valence electrons. The van der Waals surface area contributed by atoms with Crippen LogP contribution in [0.4, 0.5) is 0 Å². The first kappa shape index (κ1) is 19.7. The summed E-state index contributed by atoms with van der Waals surface area (Å²) < 4.78 is 2.01. The van der Waals surface area contributed by atoms with Crippen LogP contribution in [0.3, 0.4) is 0 Å². The van der Waals surface area contributed by atoms with Crippen molar-refractivity contribution in [2.75, 3.05) is 0 Å². The molecule has 0 radical (unpaired) electrons. The maximum absolute atomic E-state index is 12.1. The van der Waals surface area contributed by atoms with E-state index < -0.39 is 5.97 Å². The third-order valence-corrected chi connectivity index (χ3v) is 7.02. The monoisotopic (exact) mass is 452 g/mol. The van der Waals surface area contributed by atoms with E-state index in [0.717, 1.165) is 44.3 Å². The van der Waals surface area contributed by atoms with Crippen LogP contribution in [0.5, 0.6) is 0 Å². The standard InChI is InChI=1S/C31H20N2O2/c1-33-27-8-3-2-7-26(27)32-30(33)24-15-23(16-25(17-24)31(34)35)22-13-20-11-9-18-5-4-6-19-10-12-21(14-22)29(20)28(18)19/h2-17H,1H3,(H,34,35). The quantitative estimate of drug-likeness (QED) is 0.282. The zero-order valence-electron chi connectivity index (χ0n) is 19.0. The minimum atomic E-state index is -0.954. The average Bonchev–Trinajstić information content (AvgIpc) is 3.23. The number of fused-ring (bicyclic) bond motifs is 1. The van der Waals surface area contributed by atoms with Gasteiger partial charge >= 0.3 is 5.97 Å². The van der Waals surface area contributed by atoms with Gasteiger partial charge in [-0.25, -0.2) is 9.78 Å². The number of aromatic nitrogens is 2. The second kappa shape index (κ2) is 7.15. The Balaban J connectivity index is 1.49. The fourth-order valence-corrected chi connectivity index (χ4v) is 5.37. The molecule has 0 saturated carbocycles. The van der Waals surface area contributed by atoms with Crippen molar-refractivity contribution in [3.8, 4) is 22.5 Å². The minimum Gasteiger partial charge on any atom is -0.478 e. The van der Waals surface area contributed by atoms with Crippen molar-refractivity contribution in [1.82, 2.24) is 9.55 Å². The highest BCUT2D eigenvalue weighted by atomic mass is 16.4. The Morgan fingerprint density at radius 3 is 1.97 bits per heavy atom. The number of benzene rings is 6. The Morgan fingerprint density at radius 1 is 0.686 bits per heavy atom. The summed E-state index contributed by atoms with van der Waals surface area (Å²) in [4.78, 5) is 16.9. The van der Waals surface area contributed by atoms with Gasteiger partial charge in [-0.2, -0.15) is 0 Å². The second-order valence-electron chi connectivity index (χ2n) is 9.10. The Morgan fingerprint density at radius 2 is 1.29 bits per heavy atom. The van der Waals surface area contributed by atoms with Gasteiger partial charge in [0, 0.05) is 12.6 Å². The van der Waals surface area contributed by atoms with Crippen LogP contribution in [0.25, 0.3) is 65.9 Å². The lowest BCUT2D eigenvalue weighted by atomic mass is 9.90. The number of carboxylic acids is 1. The van der Waals surface area contributed by atoms with Crippen LogP contribution in [0.15, 0.2) is 97.1 Å². The van der Waals surface area contributed by atoms with Crippen molar-refractivity contribution in [3.63, 3.8) is 0 Å². The number of hydrogen-bond acceptors (Lipinski definition) is 2. The Kier molecular flexibility index (Phi) is 4.03. The highest BCUT2D eigenvalue weighted by Crippen LogP contribution is 2.38. The van der Waals surface area contributed by atoms with Crippen molar-refractivity contribution < 1.29 is 9.90 Å². The van der Waals surface area contributed by atoms with E-state index >= 15 is 0 Å². The number of imidazole rings is 1. The van der Waals surface area contributed by atoms with Gasteiger partial charge in [-0.15, -0.1) is 0 Å². The fraction of sp³-hybridized carbons (Fsp3) is 0.0323. The third kappa shape index (κ3) is 2.93. The SMILES string of the molecule is Cn1c(-c2cc(C(=O)O)cc(-c3cc4ccc5cccc6ccc(c3)c4c56)c2)nc2ccccc21. The van der Waals surface area contributed by atoms with Crippen LogP contribution in [0, 0.1) is 0 Å². The topological polar surface area (TPSA) is 55.1 Å². The highest BCUT2D eigenvalue weighted by Gasteiger charge is 2.16. The summed E-state index contributed by atoms with van der Waals surface area (Å²) >= 11 is 0. The van der Waals surface area contributed by atoms with E-state index in [4.69, 9.17) is 4.98 Å². The highest BCUT2D eigenvalue weighted by molar-refractivity contribution is 6.23. The zero-order valence-corrected chi connectivity index (χ0v) is 19.0. The Hall–Kier alpha value is -4.70. The van der Waals surface area contributed by atoms with Crippen molar-refractivity contribution >= 4 is 49.3 Å². The van der Waals surface area contributed by atoms with Crippen LogP contribution >= 0.6 is 0 Å². The predicted molar refractivity (Wildman–Crippen MR) is 142 cm³/mol. The molecule has 0 bridgehead atoms. The maximum Gasteiger partial charge on any atom is 0.335 e. The summed E-state index contributed by atoms with van der Waals surface area (Å²) in [5.41, 5.74) is 4.76. The molecule has 7 rings (SSSR count). The lowest BCUT2D eigenvalue weighted by Crippen LogP contribution is -2.00. The minimum absolute atomic E-state index is 0.245. The van der Waals surface area contributed by atoms with Gasteiger partial charge in [0.25, 0.3) is 0 Å². The average molecular weight is 453 g/mol. The van der Waals surface area contributed by atoms with E-state index in [1.54, 1.807) is 12.1 Å². The van der Waals surface area contributed by atoms with Gasteiger partial charge in [0.05, 0.1) is 16.6 Å². The predicted octanol–water partition coefficient (Wildman–Crippen LogP) is 7.50. The molecule has 0 fully saturated rings. The molecule has 0 atom stereocenters. The third-order valence-electron chi connectivity index (χ3n) is 7.02. The van der Waals surface area contributed by atoms with Gasteiger partial charge in [0.1, 0.15) is 5.82 Å². The van der Waals surface area contributed by atoms with Crippen molar-refractivity contribution in [1.29, 1.82) is 0 Å². The van der Waals surface area contributed by atoms with E-state index in [1.807, 2.05) is 41.9 Å². The molecule has 6 aromatic carbocycles. The molecule has 0 saturated heterocycles. The van der Waals surface area contributed by atoms with Crippen LogP contribution in [0.2, 0.25) is 0 Å². The van der Waals surface area contributed by atoms with E-state index in [2.05, 4.69) is 54.6 Å². The van der Waals surface area contributed by atoms with Crippen LogP contribution in [-0.2, 0) is 7.05 Å². The van der Waals surface area contributed by atoms with Gasteiger partial charge in [0.2, 0.25) is 0 Å². The molecule has 1 N–H and O–H groups in total. The normalized spacial score (nSPS) is 11.8. The maximum atomic E-state index is 12.1. The first-order chi connectivity index (χ1) is 17.1. The molecule has 1 aromatic heterocycles. The van der Waals surface area contributed by atoms with Crippen LogP contribution in [-0.4, -0.2) is 20.6 Å². The molecule has 1 heterocycles. The molecule has 4 heteroatoms. The molecule has 0 spiro atoms. The summed E-state index contributed by atoms with van der Waals surface area (Å²) in [6.45, 7) is 0. The second-order valence-corrected chi connectivity index (χ2v) is 9.10. The molecule has 0 aliphatic rings. The fourth-order valence-electron chi connectivity index (χ4n) is 5.37. The number of para-hydroxylation sites is 2. The lowest BCUT2D eigenvalue weighted by Gasteiger charge is -2.14. The van der Waals surface area contributed by atoms with Crippen molar-refractivity contribution in [2.45, 2.75) is 0 Å². The van der Waals surface area contributed by atoms with Gasteiger partial charge in [-0.05, 0) is 85.9 Å². The first-order valence-electron chi connectivity index (χ1n) is 11.5. The summed E-state index contributed by atoms with van der Waals surface area (Å²) in [5.74, 6) is -0.210. The molecule has 0 aliphatic carbocycles. The molecule has 35 heavy (non-hydrogen) atoms. The molecule has 4 nitrogen and oxygen atoms in total. The van der Waals surface area contributed by atoms with E-state index in [1.165, 1.54) is 21.5 Å². The molecule has 0 aliphatic heterocycles. The van der Waals surface area contributed by atoms with Crippen molar-refractivity contribution in [3.05, 3.63) is 103 Å². The van der Waals surface area contributed by atoms with E-state index in [0.29, 0.717) is 0 Å². The smallest absolute Gasteiger partial charge is 0.335 e. The summed E-state index contributed by atoms with van der Waals surface area (Å²) in [5, 5.41) is 17.2. The molecule has 7 aromatic rings. The number of hydrogen-bond donors (Lipinski definition) is 1. The zero-order chi connectivity index (χ0) is 23.7. The summed E-state index contributed by atoms with van der Waals surface area (Å²) in [6, 6.07) is 32.8. The summed E-state index contributed by atoms with van der Waals surface area (Å²) in [6.07, 6.45) is 0. The number of aryl methyl sites for hydroxylation is 1. The number of rotatable bonds is 3.